The standard InChI is InChI=1S/C26H36N2O4/c1-4-5-19-31-24-13-15-25(16-14-24)32-20-26(29)28(21(2)27-17-7-6-8-18-27)22-9-11-23(30-3)12-10-22/h9-16,21H,4-8,17-20H2,1-3H3. The Hall–Kier alpha value is -2.73. The third-order valence-electron chi connectivity index (χ3n) is 5.86. The van der Waals surface area contributed by atoms with Gasteiger partial charge in [-0.15, -0.1) is 0 Å². The number of hydrogen-bond donors (Lipinski definition) is 0. The number of benzene rings is 2. The van der Waals surface area contributed by atoms with Gasteiger partial charge in [0.25, 0.3) is 5.91 Å². The van der Waals surface area contributed by atoms with Crippen LogP contribution in [0.15, 0.2) is 48.5 Å². The topological polar surface area (TPSA) is 51.2 Å². The summed E-state index contributed by atoms with van der Waals surface area (Å²) in [4.78, 5) is 17.5. The molecule has 2 aromatic carbocycles. The van der Waals surface area contributed by atoms with E-state index in [1.165, 1.54) is 6.42 Å². The van der Waals surface area contributed by atoms with E-state index in [4.69, 9.17) is 14.2 Å². The summed E-state index contributed by atoms with van der Waals surface area (Å²) < 4.78 is 16.8. The Morgan fingerprint density at radius 3 is 2.12 bits per heavy atom. The molecule has 1 aliphatic rings. The first kappa shape index (κ1) is 23.9. The van der Waals surface area contributed by atoms with Crippen LogP contribution in [0.2, 0.25) is 0 Å². The molecule has 3 rings (SSSR count). The summed E-state index contributed by atoms with van der Waals surface area (Å²) in [7, 11) is 1.64. The molecular weight excluding hydrogens is 404 g/mol. The molecule has 0 aromatic heterocycles. The number of nitrogens with zero attached hydrogens (tertiary/aromatic N) is 2. The predicted octanol–water partition coefficient (Wildman–Crippen LogP) is 5.12. The molecule has 6 heteroatoms. The lowest BCUT2D eigenvalue weighted by Crippen LogP contribution is -2.52. The van der Waals surface area contributed by atoms with Crippen molar-refractivity contribution in [1.29, 1.82) is 0 Å². The summed E-state index contributed by atoms with van der Waals surface area (Å²) in [6.45, 7) is 6.91. The van der Waals surface area contributed by atoms with Crippen molar-refractivity contribution < 1.29 is 19.0 Å². The van der Waals surface area contributed by atoms with E-state index >= 15 is 0 Å². The number of amides is 1. The minimum absolute atomic E-state index is 0.0275. The van der Waals surface area contributed by atoms with E-state index in [9.17, 15) is 4.79 Å². The second kappa shape index (κ2) is 12.3. The summed E-state index contributed by atoms with van der Waals surface area (Å²) in [6, 6.07) is 15.1. The number of rotatable bonds is 11. The smallest absolute Gasteiger partial charge is 0.266 e. The largest absolute Gasteiger partial charge is 0.497 e. The highest BCUT2D eigenvalue weighted by Crippen LogP contribution is 2.25. The molecule has 0 aliphatic carbocycles. The Labute approximate surface area is 192 Å². The first-order valence-corrected chi connectivity index (χ1v) is 11.7. The molecule has 1 amide bonds. The zero-order valence-electron chi connectivity index (χ0n) is 19.6. The Morgan fingerprint density at radius 1 is 0.938 bits per heavy atom. The molecule has 2 aromatic rings. The third kappa shape index (κ3) is 6.63. The van der Waals surface area contributed by atoms with E-state index in [0.717, 1.165) is 56.0 Å². The normalized spacial score (nSPS) is 15.1. The van der Waals surface area contributed by atoms with E-state index in [1.54, 1.807) is 7.11 Å². The Morgan fingerprint density at radius 2 is 1.53 bits per heavy atom. The van der Waals surface area contributed by atoms with Crippen LogP contribution in [-0.2, 0) is 4.79 Å². The third-order valence-corrected chi connectivity index (χ3v) is 5.86. The molecule has 0 bridgehead atoms. The van der Waals surface area contributed by atoms with Crippen LogP contribution < -0.4 is 19.1 Å². The molecule has 1 saturated heterocycles. The van der Waals surface area contributed by atoms with Crippen LogP contribution in [0.3, 0.4) is 0 Å². The molecule has 0 N–H and O–H groups in total. The van der Waals surface area contributed by atoms with Crippen molar-refractivity contribution in [2.24, 2.45) is 0 Å². The lowest BCUT2D eigenvalue weighted by Gasteiger charge is -2.39. The number of anilines is 1. The van der Waals surface area contributed by atoms with E-state index in [2.05, 4.69) is 18.7 Å². The van der Waals surface area contributed by atoms with Crippen molar-refractivity contribution in [2.75, 3.05) is 38.3 Å². The SMILES string of the molecule is CCCCOc1ccc(OCC(=O)N(c2ccc(OC)cc2)C(C)N2CCCCC2)cc1. The first-order chi connectivity index (χ1) is 15.6. The molecule has 174 valence electrons. The van der Waals surface area contributed by atoms with Gasteiger partial charge in [-0.2, -0.15) is 0 Å². The summed E-state index contributed by atoms with van der Waals surface area (Å²) in [5, 5.41) is 0. The summed E-state index contributed by atoms with van der Waals surface area (Å²) in [5.41, 5.74) is 0.845. The molecule has 6 nitrogen and oxygen atoms in total. The fourth-order valence-corrected chi connectivity index (χ4v) is 3.95. The van der Waals surface area contributed by atoms with Gasteiger partial charge in [-0.1, -0.05) is 19.8 Å². The predicted molar refractivity (Wildman–Crippen MR) is 128 cm³/mol. The number of carbonyl (C=O) groups excluding carboxylic acids is 1. The molecule has 1 fully saturated rings. The number of piperidine rings is 1. The zero-order valence-corrected chi connectivity index (χ0v) is 19.6. The molecule has 0 radical (unpaired) electrons. The van der Waals surface area contributed by atoms with E-state index in [1.807, 2.05) is 53.4 Å². The number of hydrogen-bond acceptors (Lipinski definition) is 5. The maximum Gasteiger partial charge on any atom is 0.266 e. The van der Waals surface area contributed by atoms with Gasteiger partial charge in [0, 0.05) is 18.8 Å². The summed E-state index contributed by atoms with van der Waals surface area (Å²) in [6.07, 6.45) is 5.67. The van der Waals surface area contributed by atoms with Gasteiger partial charge in [-0.05, 0) is 74.7 Å². The van der Waals surface area contributed by atoms with E-state index in [-0.39, 0.29) is 18.7 Å². The van der Waals surface area contributed by atoms with E-state index < -0.39 is 0 Å². The van der Waals surface area contributed by atoms with Crippen LogP contribution in [0.4, 0.5) is 5.69 Å². The monoisotopic (exact) mass is 440 g/mol. The average molecular weight is 441 g/mol. The summed E-state index contributed by atoms with van der Waals surface area (Å²) >= 11 is 0. The zero-order chi connectivity index (χ0) is 22.8. The van der Waals surface area contributed by atoms with Crippen LogP contribution in [0.5, 0.6) is 17.2 Å². The van der Waals surface area contributed by atoms with Gasteiger partial charge in [-0.25, -0.2) is 0 Å². The van der Waals surface area contributed by atoms with Gasteiger partial charge in [-0.3, -0.25) is 14.6 Å². The second-order valence-electron chi connectivity index (χ2n) is 8.15. The van der Waals surface area contributed by atoms with Gasteiger partial charge in [0.1, 0.15) is 17.2 Å². The van der Waals surface area contributed by atoms with E-state index in [0.29, 0.717) is 12.4 Å². The highest BCUT2D eigenvalue weighted by Gasteiger charge is 2.28. The van der Waals surface area contributed by atoms with Crippen LogP contribution in [0.25, 0.3) is 0 Å². The highest BCUT2D eigenvalue weighted by molar-refractivity contribution is 5.95. The minimum Gasteiger partial charge on any atom is -0.497 e. The molecule has 0 saturated carbocycles. The maximum atomic E-state index is 13.3. The molecule has 1 atom stereocenters. The van der Waals surface area contributed by atoms with Gasteiger partial charge < -0.3 is 14.2 Å². The molecular formula is C26H36N2O4. The fraction of sp³-hybridized carbons (Fsp3) is 0.500. The fourth-order valence-electron chi connectivity index (χ4n) is 3.95. The maximum absolute atomic E-state index is 13.3. The highest BCUT2D eigenvalue weighted by atomic mass is 16.5. The van der Waals surface area contributed by atoms with Gasteiger partial charge in [0.2, 0.25) is 0 Å². The second-order valence-corrected chi connectivity index (χ2v) is 8.15. The Balaban J connectivity index is 1.67. The molecule has 1 heterocycles. The van der Waals surface area contributed by atoms with Crippen LogP contribution >= 0.6 is 0 Å². The van der Waals surface area contributed by atoms with Gasteiger partial charge in [0.15, 0.2) is 6.61 Å². The van der Waals surface area contributed by atoms with Gasteiger partial charge in [0.05, 0.1) is 19.9 Å². The van der Waals surface area contributed by atoms with Crippen LogP contribution in [0.1, 0.15) is 46.0 Å². The van der Waals surface area contributed by atoms with Crippen LogP contribution in [0, 0.1) is 0 Å². The Kier molecular flexibility index (Phi) is 9.23. The van der Waals surface area contributed by atoms with Crippen molar-refractivity contribution in [3.63, 3.8) is 0 Å². The van der Waals surface area contributed by atoms with Crippen molar-refractivity contribution in [3.8, 4) is 17.2 Å². The number of carbonyl (C=O) groups is 1. The number of likely N-dealkylation sites (tertiary alicyclic amines) is 1. The number of ether oxygens (including phenoxy) is 3. The van der Waals surface area contributed by atoms with Crippen molar-refractivity contribution in [1.82, 2.24) is 4.90 Å². The number of unbranched alkanes of at least 4 members (excludes halogenated alkanes) is 1. The van der Waals surface area contributed by atoms with Crippen LogP contribution in [-0.4, -0.2) is 50.4 Å². The molecule has 1 unspecified atom stereocenters. The lowest BCUT2D eigenvalue weighted by atomic mass is 10.1. The summed E-state index contributed by atoms with van der Waals surface area (Å²) in [5.74, 6) is 2.16. The average Bonchev–Trinajstić information content (AvgIpc) is 2.85. The van der Waals surface area contributed by atoms with Crippen molar-refractivity contribution >= 4 is 11.6 Å². The molecule has 1 aliphatic heterocycles. The quantitative estimate of drug-likeness (QED) is 0.454. The first-order valence-electron chi connectivity index (χ1n) is 11.7. The van der Waals surface area contributed by atoms with Crippen molar-refractivity contribution in [2.45, 2.75) is 52.1 Å². The van der Waals surface area contributed by atoms with Crippen molar-refractivity contribution in [3.05, 3.63) is 48.5 Å². The van der Waals surface area contributed by atoms with Gasteiger partial charge >= 0.3 is 0 Å². The number of methoxy groups -OCH3 is 1. The Bertz CT molecular complexity index is 817. The lowest BCUT2D eigenvalue weighted by molar-refractivity contribution is -0.121. The molecule has 0 spiro atoms. The minimum atomic E-state index is -0.0727. The molecule has 32 heavy (non-hydrogen) atoms.